The minimum atomic E-state index is 0.562. The van der Waals surface area contributed by atoms with Crippen LogP contribution < -0.4 is 10.1 Å². The van der Waals surface area contributed by atoms with Gasteiger partial charge < -0.3 is 10.1 Å². The zero-order chi connectivity index (χ0) is 14.5. The Hall–Kier alpha value is -1.02. The van der Waals surface area contributed by atoms with Crippen molar-refractivity contribution >= 4 is 0 Å². The minimum Gasteiger partial charge on any atom is -0.496 e. The lowest BCUT2D eigenvalue weighted by Gasteiger charge is -2.26. The molecule has 0 radical (unpaired) electrons. The first kappa shape index (κ1) is 15.4. The standard InChI is InChI=1S/C18H29NO/c1-5-15-6-7-16(13(2)3)17(18(15)20-4)12-14-8-10-19-11-9-14/h6-7,13-14,19H,5,8-12H2,1-4H3. The third-order valence-electron chi connectivity index (χ3n) is 4.54. The Morgan fingerprint density at radius 3 is 2.50 bits per heavy atom. The molecule has 1 aliphatic heterocycles. The number of rotatable bonds is 5. The number of piperidine rings is 1. The molecule has 1 heterocycles. The lowest BCUT2D eigenvalue weighted by Crippen LogP contribution is -2.29. The molecule has 112 valence electrons. The van der Waals surface area contributed by atoms with Gasteiger partial charge in [-0.05, 0) is 67.3 Å². The molecular weight excluding hydrogens is 246 g/mol. The Balaban J connectivity index is 2.34. The molecule has 1 saturated heterocycles. The second-order valence-corrected chi connectivity index (χ2v) is 6.23. The van der Waals surface area contributed by atoms with Crippen LogP contribution in [0.25, 0.3) is 0 Å². The number of ether oxygens (including phenoxy) is 1. The molecule has 1 aromatic rings. The second-order valence-electron chi connectivity index (χ2n) is 6.23. The number of benzene rings is 1. The first-order valence-electron chi connectivity index (χ1n) is 8.06. The SMILES string of the molecule is CCc1ccc(C(C)C)c(CC2CCNCC2)c1OC. The third-order valence-corrected chi connectivity index (χ3v) is 4.54. The normalized spacial score (nSPS) is 16.6. The van der Waals surface area contributed by atoms with Crippen LogP contribution in [0.2, 0.25) is 0 Å². The molecule has 0 aromatic heterocycles. The fourth-order valence-corrected chi connectivity index (χ4v) is 3.35. The molecule has 0 atom stereocenters. The molecule has 1 aromatic carbocycles. The molecule has 2 nitrogen and oxygen atoms in total. The number of aryl methyl sites for hydroxylation is 1. The van der Waals surface area contributed by atoms with Crippen molar-refractivity contribution in [3.63, 3.8) is 0 Å². The highest BCUT2D eigenvalue weighted by atomic mass is 16.5. The lowest BCUT2D eigenvalue weighted by molar-refractivity contribution is 0.358. The minimum absolute atomic E-state index is 0.562. The van der Waals surface area contributed by atoms with Crippen molar-refractivity contribution < 1.29 is 4.74 Å². The van der Waals surface area contributed by atoms with Gasteiger partial charge in [0, 0.05) is 0 Å². The van der Waals surface area contributed by atoms with E-state index in [1.54, 1.807) is 0 Å². The molecule has 1 aliphatic rings. The Bertz CT molecular complexity index is 433. The number of nitrogens with one attached hydrogen (secondary N) is 1. The van der Waals surface area contributed by atoms with Crippen molar-refractivity contribution in [3.8, 4) is 5.75 Å². The molecular formula is C18H29NO. The molecule has 20 heavy (non-hydrogen) atoms. The van der Waals surface area contributed by atoms with Gasteiger partial charge in [-0.1, -0.05) is 32.9 Å². The molecule has 0 spiro atoms. The molecule has 0 saturated carbocycles. The number of methoxy groups -OCH3 is 1. The van der Waals surface area contributed by atoms with E-state index in [2.05, 4.69) is 38.2 Å². The van der Waals surface area contributed by atoms with Gasteiger partial charge in [0.1, 0.15) is 5.75 Å². The molecule has 0 aliphatic carbocycles. The summed E-state index contributed by atoms with van der Waals surface area (Å²) in [5.41, 5.74) is 4.28. The molecule has 2 heteroatoms. The van der Waals surface area contributed by atoms with Crippen LogP contribution in [0.4, 0.5) is 0 Å². The molecule has 2 rings (SSSR count). The van der Waals surface area contributed by atoms with E-state index in [1.165, 1.54) is 36.0 Å². The topological polar surface area (TPSA) is 21.3 Å². The summed E-state index contributed by atoms with van der Waals surface area (Å²) in [5, 5.41) is 3.46. The molecule has 1 N–H and O–H groups in total. The van der Waals surface area contributed by atoms with E-state index in [0.29, 0.717) is 5.92 Å². The third kappa shape index (κ3) is 3.35. The van der Waals surface area contributed by atoms with E-state index >= 15 is 0 Å². The van der Waals surface area contributed by atoms with Crippen molar-refractivity contribution in [1.82, 2.24) is 5.32 Å². The van der Waals surface area contributed by atoms with E-state index in [-0.39, 0.29) is 0 Å². The second kappa shape index (κ2) is 7.12. The van der Waals surface area contributed by atoms with Crippen LogP contribution in [0.1, 0.15) is 56.2 Å². The Morgan fingerprint density at radius 2 is 1.95 bits per heavy atom. The van der Waals surface area contributed by atoms with Gasteiger partial charge in [-0.2, -0.15) is 0 Å². The highest BCUT2D eigenvalue weighted by Gasteiger charge is 2.20. The Kier molecular flexibility index (Phi) is 5.47. The molecule has 0 unspecified atom stereocenters. The van der Waals surface area contributed by atoms with E-state index in [0.717, 1.165) is 31.2 Å². The van der Waals surface area contributed by atoms with E-state index in [1.807, 2.05) is 7.11 Å². The van der Waals surface area contributed by atoms with Crippen LogP contribution in [0.3, 0.4) is 0 Å². The quantitative estimate of drug-likeness (QED) is 0.879. The first-order valence-corrected chi connectivity index (χ1v) is 8.06. The van der Waals surface area contributed by atoms with Crippen molar-refractivity contribution in [2.24, 2.45) is 5.92 Å². The summed E-state index contributed by atoms with van der Waals surface area (Å²) in [6.45, 7) is 9.11. The number of hydrogen-bond acceptors (Lipinski definition) is 2. The summed E-state index contributed by atoms with van der Waals surface area (Å²) in [5.74, 6) is 2.51. The van der Waals surface area contributed by atoms with Crippen molar-refractivity contribution in [1.29, 1.82) is 0 Å². The van der Waals surface area contributed by atoms with Crippen LogP contribution in [-0.2, 0) is 12.8 Å². The van der Waals surface area contributed by atoms with Gasteiger partial charge in [0.05, 0.1) is 7.11 Å². The first-order chi connectivity index (χ1) is 9.67. The number of hydrogen-bond donors (Lipinski definition) is 1. The predicted molar refractivity (Wildman–Crippen MR) is 85.8 cm³/mol. The summed E-state index contributed by atoms with van der Waals surface area (Å²) < 4.78 is 5.78. The average molecular weight is 275 g/mol. The van der Waals surface area contributed by atoms with E-state index < -0.39 is 0 Å². The predicted octanol–water partition coefficient (Wildman–Crippen LogP) is 3.92. The lowest BCUT2D eigenvalue weighted by atomic mass is 9.84. The molecule has 0 amide bonds. The highest BCUT2D eigenvalue weighted by Crippen LogP contribution is 2.35. The van der Waals surface area contributed by atoms with Gasteiger partial charge in [0.25, 0.3) is 0 Å². The van der Waals surface area contributed by atoms with Gasteiger partial charge in [-0.15, -0.1) is 0 Å². The van der Waals surface area contributed by atoms with Crippen molar-refractivity contribution in [2.75, 3.05) is 20.2 Å². The summed E-state index contributed by atoms with van der Waals surface area (Å²) in [6.07, 6.45) is 4.79. The monoisotopic (exact) mass is 275 g/mol. The summed E-state index contributed by atoms with van der Waals surface area (Å²) in [4.78, 5) is 0. The van der Waals surface area contributed by atoms with Gasteiger partial charge in [0.2, 0.25) is 0 Å². The zero-order valence-electron chi connectivity index (χ0n) is 13.5. The Labute approximate surface area is 123 Å². The van der Waals surface area contributed by atoms with Crippen LogP contribution in [0, 0.1) is 5.92 Å². The Morgan fingerprint density at radius 1 is 1.25 bits per heavy atom. The van der Waals surface area contributed by atoms with Crippen LogP contribution in [-0.4, -0.2) is 20.2 Å². The maximum absolute atomic E-state index is 5.78. The maximum Gasteiger partial charge on any atom is 0.125 e. The summed E-state index contributed by atoms with van der Waals surface area (Å²) >= 11 is 0. The van der Waals surface area contributed by atoms with E-state index in [4.69, 9.17) is 4.74 Å². The average Bonchev–Trinajstić information content (AvgIpc) is 2.47. The fraction of sp³-hybridized carbons (Fsp3) is 0.667. The van der Waals surface area contributed by atoms with Crippen LogP contribution in [0.5, 0.6) is 5.75 Å². The smallest absolute Gasteiger partial charge is 0.125 e. The van der Waals surface area contributed by atoms with Gasteiger partial charge in [-0.25, -0.2) is 0 Å². The van der Waals surface area contributed by atoms with E-state index in [9.17, 15) is 0 Å². The fourth-order valence-electron chi connectivity index (χ4n) is 3.35. The van der Waals surface area contributed by atoms with Crippen LogP contribution >= 0.6 is 0 Å². The van der Waals surface area contributed by atoms with Gasteiger partial charge in [0.15, 0.2) is 0 Å². The summed E-state index contributed by atoms with van der Waals surface area (Å²) in [6, 6.07) is 4.57. The maximum atomic E-state index is 5.78. The molecule has 1 fully saturated rings. The van der Waals surface area contributed by atoms with Crippen molar-refractivity contribution in [2.45, 2.75) is 52.4 Å². The summed E-state index contributed by atoms with van der Waals surface area (Å²) in [7, 11) is 1.82. The largest absolute Gasteiger partial charge is 0.496 e. The van der Waals surface area contributed by atoms with Gasteiger partial charge in [-0.3, -0.25) is 0 Å². The van der Waals surface area contributed by atoms with Crippen molar-refractivity contribution in [3.05, 3.63) is 28.8 Å². The van der Waals surface area contributed by atoms with Crippen LogP contribution in [0.15, 0.2) is 12.1 Å². The van der Waals surface area contributed by atoms with Gasteiger partial charge >= 0.3 is 0 Å². The highest BCUT2D eigenvalue weighted by molar-refractivity contribution is 5.48. The molecule has 0 bridgehead atoms. The zero-order valence-corrected chi connectivity index (χ0v) is 13.5.